The second-order valence-electron chi connectivity index (χ2n) is 4.96. The van der Waals surface area contributed by atoms with Gasteiger partial charge in [0.15, 0.2) is 0 Å². The molecule has 1 fully saturated rings. The number of halogens is 1. The fraction of sp³-hybridized carbons (Fsp3) is 0.667. The number of hydrogen-bond donors (Lipinski definition) is 1. The van der Waals surface area contributed by atoms with E-state index in [1.807, 2.05) is 6.92 Å². The molecule has 2 rings (SSSR count). The molecule has 104 valence electrons. The summed E-state index contributed by atoms with van der Waals surface area (Å²) in [4.78, 5) is 18.0. The van der Waals surface area contributed by atoms with Crippen molar-refractivity contribution in [3.05, 3.63) is 21.6 Å². The predicted molar refractivity (Wildman–Crippen MR) is 73.4 cm³/mol. The summed E-state index contributed by atoms with van der Waals surface area (Å²) >= 11 is 5.71. The van der Waals surface area contributed by atoms with E-state index in [1.54, 1.807) is 0 Å². The third-order valence-corrected chi connectivity index (χ3v) is 3.84. The van der Waals surface area contributed by atoms with Gasteiger partial charge in [-0.3, -0.25) is 10.1 Å². The smallest absolute Gasteiger partial charge is 0.329 e. The van der Waals surface area contributed by atoms with Gasteiger partial charge in [0.1, 0.15) is 6.20 Å². The minimum absolute atomic E-state index is 0.0175. The van der Waals surface area contributed by atoms with Crippen LogP contribution in [0.5, 0.6) is 0 Å². The zero-order valence-electron chi connectivity index (χ0n) is 10.8. The van der Waals surface area contributed by atoms with Crippen LogP contribution in [0.1, 0.15) is 39.0 Å². The Morgan fingerprint density at radius 3 is 2.79 bits per heavy atom. The van der Waals surface area contributed by atoms with Crippen LogP contribution in [0.15, 0.2) is 6.20 Å². The quantitative estimate of drug-likeness (QED) is 0.520. The lowest BCUT2D eigenvalue weighted by molar-refractivity contribution is -0.384. The number of nitro groups is 1. The van der Waals surface area contributed by atoms with E-state index >= 15 is 0 Å². The standard InChI is InChI=1S/C12H17ClN4O2/c1-8(9-5-3-2-4-6-9)15-11-10(17(18)19)7-14-12(13)16-11/h7-9H,2-6H2,1H3,(H,14,15,16). The second-order valence-corrected chi connectivity index (χ2v) is 5.30. The van der Waals surface area contributed by atoms with E-state index in [1.165, 1.54) is 19.3 Å². The molecule has 0 bridgehead atoms. The molecule has 6 nitrogen and oxygen atoms in total. The molecule has 1 atom stereocenters. The van der Waals surface area contributed by atoms with Crippen LogP contribution in [-0.4, -0.2) is 20.9 Å². The van der Waals surface area contributed by atoms with Crippen LogP contribution in [-0.2, 0) is 0 Å². The summed E-state index contributed by atoms with van der Waals surface area (Å²) in [5.74, 6) is 0.741. The van der Waals surface area contributed by atoms with Crippen LogP contribution < -0.4 is 5.32 Å². The Kier molecular flexibility index (Phi) is 4.52. The third-order valence-electron chi connectivity index (χ3n) is 3.66. The van der Waals surface area contributed by atoms with Crippen LogP contribution in [0, 0.1) is 16.0 Å². The van der Waals surface area contributed by atoms with Gasteiger partial charge in [-0.25, -0.2) is 4.98 Å². The van der Waals surface area contributed by atoms with Crippen LogP contribution in [0.25, 0.3) is 0 Å². The number of nitrogens with one attached hydrogen (secondary N) is 1. The topological polar surface area (TPSA) is 81.0 Å². The highest BCUT2D eigenvalue weighted by Gasteiger charge is 2.24. The maximum absolute atomic E-state index is 10.9. The van der Waals surface area contributed by atoms with Crippen molar-refractivity contribution in [3.63, 3.8) is 0 Å². The molecule has 1 saturated carbocycles. The van der Waals surface area contributed by atoms with Crippen molar-refractivity contribution in [3.8, 4) is 0 Å². The van der Waals surface area contributed by atoms with Gasteiger partial charge in [0, 0.05) is 6.04 Å². The Bertz CT molecular complexity index is 463. The summed E-state index contributed by atoms with van der Waals surface area (Å²) < 4.78 is 0. The molecule has 1 unspecified atom stereocenters. The van der Waals surface area contributed by atoms with Crippen LogP contribution in [0.2, 0.25) is 5.28 Å². The molecule has 1 aliphatic rings. The van der Waals surface area contributed by atoms with Crippen LogP contribution in [0.4, 0.5) is 11.5 Å². The maximum atomic E-state index is 10.9. The van der Waals surface area contributed by atoms with Gasteiger partial charge in [0.2, 0.25) is 11.1 Å². The van der Waals surface area contributed by atoms with Gasteiger partial charge in [-0.2, -0.15) is 4.98 Å². The Morgan fingerprint density at radius 1 is 1.47 bits per heavy atom. The van der Waals surface area contributed by atoms with Crippen molar-refractivity contribution < 1.29 is 4.92 Å². The van der Waals surface area contributed by atoms with Gasteiger partial charge in [-0.05, 0) is 37.3 Å². The number of nitrogens with zero attached hydrogens (tertiary/aromatic N) is 3. The largest absolute Gasteiger partial charge is 0.361 e. The molecular weight excluding hydrogens is 268 g/mol. The van der Waals surface area contributed by atoms with Gasteiger partial charge in [-0.15, -0.1) is 0 Å². The lowest BCUT2D eigenvalue weighted by Crippen LogP contribution is -2.28. The molecule has 0 aliphatic heterocycles. The second kappa shape index (κ2) is 6.14. The Labute approximate surface area is 116 Å². The normalized spacial score (nSPS) is 18.0. The summed E-state index contributed by atoms with van der Waals surface area (Å²) in [5.41, 5.74) is -0.132. The van der Waals surface area contributed by atoms with E-state index < -0.39 is 4.92 Å². The summed E-state index contributed by atoms with van der Waals surface area (Å²) in [6.45, 7) is 2.04. The van der Waals surface area contributed by atoms with E-state index in [0.717, 1.165) is 19.0 Å². The molecule has 0 saturated heterocycles. The number of anilines is 1. The molecule has 0 amide bonds. The minimum Gasteiger partial charge on any atom is -0.361 e. The molecule has 1 aliphatic carbocycles. The van der Waals surface area contributed by atoms with Crippen molar-refractivity contribution in [2.24, 2.45) is 5.92 Å². The lowest BCUT2D eigenvalue weighted by Gasteiger charge is -2.28. The molecule has 0 aromatic carbocycles. The first kappa shape index (κ1) is 14.0. The molecule has 1 aromatic heterocycles. The van der Waals surface area contributed by atoms with E-state index in [4.69, 9.17) is 11.6 Å². The monoisotopic (exact) mass is 284 g/mol. The van der Waals surface area contributed by atoms with Crippen molar-refractivity contribution in [2.45, 2.75) is 45.1 Å². The fourth-order valence-electron chi connectivity index (χ4n) is 2.56. The van der Waals surface area contributed by atoms with Gasteiger partial charge < -0.3 is 5.32 Å². The Balaban J connectivity index is 2.12. The van der Waals surface area contributed by atoms with Crippen molar-refractivity contribution in [1.29, 1.82) is 0 Å². The maximum Gasteiger partial charge on any atom is 0.329 e. The molecule has 1 heterocycles. The van der Waals surface area contributed by atoms with Crippen molar-refractivity contribution >= 4 is 23.1 Å². The summed E-state index contributed by atoms with van der Waals surface area (Å²) in [6.07, 6.45) is 7.18. The average Bonchev–Trinajstić information content (AvgIpc) is 2.39. The van der Waals surface area contributed by atoms with Crippen molar-refractivity contribution in [1.82, 2.24) is 9.97 Å². The first-order valence-corrected chi connectivity index (χ1v) is 6.89. The first-order valence-electron chi connectivity index (χ1n) is 6.51. The van der Waals surface area contributed by atoms with Gasteiger partial charge in [0.05, 0.1) is 4.92 Å². The highest BCUT2D eigenvalue weighted by Crippen LogP contribution is 2.30. The molecule has 7 heteroatoms. The molecule has 1 aromatic rings. The summed E-state index contributed by atoms with van der Waals surface area (Å²) in [5, 5.41) is 14.1. The highest BCUT2D eigenvalue weighted by atomic mass is 35.5. The minimum atomic E-state index is -0.494. The summed E-state index contributed by atoms with van der Waals surface area (Å²) in [7, 11) is 0. The molecule has 19 heavy (non-hydrogen) atoms. The van der Waals surface area contributed by atoms with E-state index in [-0.39, 0.29) is 22.8 Å². The van der Waals surface area contributed by atoms with Crippen molar-refractivity contribution in [2.75, 3.05) is 5.32 Å². The van der Waals surface area contributed by atoms with E-state index in [9.17, 15) is 10.1 Å². The zero-order valence-corrected chi connectivity index (χ0v) is 11.6. The van der Waals surface area contributed by atoms with Gasteiger partial charge in [0.25, 0.3) is 0 Å². The number of aromatic nitrogens is 2. The third kappa shape index (κ3) is 3.53. The molecular formula is C12H17ClN4O2. The van der Waals surface area contributed by atoms with E-state index in [2.05, 4.69) is 15.3 Å². The Morgan fingerprint density at radius 2 is 2.16 bits per heavy atom. The van der Waals surface area contributed by atoms with Gasteiger partial charge >= 0.3 is 5.69 Å². The number of rotatable bonds is 4. The summed E-state index contributed by atoms with van der Waals surface area (Å²) in [6, 6.07) is 0.143. The fourth-order valence-corrected chi connectivity index (χ4v) is 2.69. The SMILES string of the molecule is CC(Nc1nc(Cl)ncc1[N+](=O)[O-])C1CCCCC1. The average molecular weight is 285 g/mol. The molecule has 0 spiro atoms. The Hall–Kier alpha value is -1.43. The van der Waals surface area contributed by atoms with Crippen LogP contribution in [0.3, 0.4) is 0 Å². The van der Waals surface area contributed by atoms with E-state index in [0.29, 0.717) is 5.92 Å². The first-order chi connectivity index (χ1) is 9.08. The molecule has 0 radical (unpaired) electrons. The lowest BCUT2D eigenvalue weighted by atomic mass is 9.84. The molecule has 1 N–H and O–H groups in total. The predicted octanol–water partition coefficient (Wildman–Crippen LogP) is 3.42. The van der Waals surface area contributed by atoms with Gasteiger partial charge in [-0.1, -0.05) is 19.3 Å². The highest BCUT2D eigenvalue weighted by molar-refractivity contribution is 6.28. The zero-order chi connectivity index (χ0) is 13.8. The van der Waals surface area contributed by atoms with Crippen LogP contribution >= 0.6 is 11.6 Å². The number of hydrogen-bond acceptors (Lipinski definition) is 5.